The first-order chi connectivity index (χ1) is 12.3. The molecule has 0 bridgehead atoms. The summed E-state index contributed by atoms with van der Waals surface area (Å²) in [6.45, 7) is 0. The normalized spacial score (nSPS) is 15.2. The van der Waals surface area contributed by atoms with E-state index in [0.717, 1.165) is 24.2 Å². The summed E-state index contributed by atoms with van der Waals surface area (Å²) in [5.41, 5.74) is 2.15. The second-order valence-electron chi connectivity index (χ2n) is 6.22. The lowest BCUT2D eigenvalue weighted by Crippen LogP contribution is -2.05. The van der Waals surface area contributed by atoms with Crippen molar-refractivity contribution < 1.29 is 4.42 Å². The van der Waals surface area contributed by atoms with Crippen LogP contribution in [-0.4, -0.2) is 20.4 Å². The van der Waals surface area contributed by atoms with E-state index >= 15 is 0 Å². The minimum absolute atomic E-state index is 0.285. The molecule has 1 aromatic carbocycles. The number of rotatable bonds is 3. The van der Waals surface area contributed by atoms with Gasteiger partial charge in [0.15, 0.2) is 11.4 Å². The van der Waals surface area contributed by atoms with E-state index in [1.807, 2.05) is 24.3 Å². The van der Waals surface area contributed by atoms with E-state index in [2.05, 4.69) is 26.5 Å². The van der Waals surface area contributed by atoms with Crippen molar-refractivity contribution in [2.24, 2.45) is 0 Å². The van der Waals surface area contributed by atoms with Crippen LogP contribution < -0.4 is 0 Å². The number of aromatic amines is 1. The number of nitrogens with one attached hydrogen (secondary N) is 1. The Kier molecular flexibility index (Phi) is 4.24. The first kappa shape index (κ1) is 15.9. The zero-order valence-electron chi connectivity index (χ0n) is 13.5. The van der Waals surface area contributed by atoms with Crippen LogP contribution >= 0.6 is 11.6 Å². The maximum atomic E-state index is 9.29. The molecule has 1 aliphatic carbocycles. The molecule has 0 amide bonds. The van der Waals surface area contributed by atoms with Gasteiger partial charge in [-0.15, -0.1) is 5.10 Å². The number of nitrogens with zero attached hydrogens (tertiary/aromatic N) is 4. The number of halogens is 1. The van der Waals surface area contributed by atoms with Gasteiger partial charge >= 0.3 is 0 Å². The highest BCUT2D eigenvalue weighted by atomic mass is 35.5. The predicted molar refractivity (Wildman–Crippen MR) is 92.9 cm³/mol. The van der Waals surface area contributed by atoms with Gasteiger partial charge in [-0.05, 0) is 31.0 Å². The van der Waals surface area contributed by atoms with Crippen molar-refractivity contribution >= 4 is 11.6 Å². The minimum atomic E-state index is 0.285. The van der Waals surface area contributed by atoms with Crippen molar-refractivity contribution in [3.05, 3.63) is 40.7 Å². The van der Waals surface area contributed by atoms with Gasteiger partial charge in [-0.25, -0.2) is 10.1 Å². The molecule has 1 saturated carbocycles. The molecular formula is C18H16ClN5O. The van der Waals surface area contributed by atoms with Crippen LogP contribution in [0.15, 0.2) is 28.7 Å². The van der Waals surface area contributed by atoms with Crippen LogP contribution in [0.5, 0.6) is 0 Å². The van der Waals surface area contributed by atoms with Crippen molar-refractivity contribution in [3.63, 3.8) is 0 Å². The third kappa shape index (κ3) is 3.03. The van der Waals surface area contributed by atoms with Crippen LogP contribution in [0.4, 0.5) is 0 Å². The number of benzene rings is 1. The van der Waals surface area contributed by atoms with Crippen LogP contribution in [0.3, 0.4) is 0 Å². The Balaban J connectivity index is 1.84. The van der Waals surface area contributed by atoms with E-state index in [0.29, 0.717) is 28.0 Å². The lowest BCUT2D eigenvalue weighted by Gasteiger charge is -2.19. The quantitative estimate of drug-likeness (QED) is 0.736. The Bertz CT molecular complexity index is 933. The van der Waals surface area contributed by atoms with Gasteiger partial charge in [0.2, 0.25) is 5.89 Å². The largest absolute Gasteiger partial charge is 0.440 e. The van der Waals surface area contributed by atoms with Gasteiger partial charge in [0, 0.05) is 16.5 Å². The average molecular weight is 354 g/mol. The summed E-state index contributed by atoms with van der Waals surface area (Å²) in [6, 6.07) is 9.46. The topological polar surface area (TPSA) is 91.4 Å². The van der Waals surface area contributed by atoms with Gasteiger partial charge in [-0.3, -0.25) is 0 Å². The van der Waals surface area contributed by atoms with Crippen LogP contribution in [0, 0.1) is 11.3 Å². The fraction of sp³-hybridized carbons (Fsp3) is 0.333. The minimum Gasteiger partial charge on any atom is -0.440 e. The highest BCUT2D eigenvalue weighted by Gasteiger charge is 2.28. The zero-order valence-corrected chi connectivity index (χ0v) is 14.3. The first-order valence-electron chi connectivity index (χ1n) is 8.34. The van der Waals surface area contributed by atoms with Gasteiger partial charge in [-0.2, -0.15) is 5.26 Å². The summed E-state index contributed by atoms with van der Waals surface area (Å²) in [7, 11) is 0. The van der Waals surface area contributed by atoms with Gasteiger partial charge in [0.25, 0.3) is 0 Å². The van der Waals surface area contributed by atoms with E-state index < -0.39 is 0 Å². The van der Waals surface area contributed by atoms with E-state index in [9.17, 15) is 5.26 Å². The summed E-state index contributed by atoms with van der Waals surface area (Å²) >= 11 is 6.10. The van der Waals surface area contributed by atoms with Crippen molar-refractivity contribution in [2.45, 2.75) is 38.0 Å². The SMILES string of the molecule is N#Cc1[nH]nnc1-c1nc(-c2cccc(Cl)c2)oc1C1CCCCC1. The summed E-state index contributed by atoms with van der Waals surface area (Å²) < 4.78 is 6.16. The number of nitriles is 1. The highest BCUT2D eigenvalue weighted by Crippen LogP contribution is 2.40. The zero-order chi connectivity index (χ0) is 17.2. The van der Waals surface area contributed by atoms with E-state index in [1.165, 1.54) is 19.3 Å². The Labute approximate surface area is 149 Å². The molecule has 2 aromatic heterocycles. The fourth-order valence-corrected chi connectivity index (χ4v) is 3.55. The van der Waals surface area contributed by atoms with Crippen molar-refractivity contribution in [3.8, 4) is 28.9 Å². The van der Waals surface area contributed by atoms with Crippen LogP contribution in [0.2, 0.25) is 5.02 Å². The molecule has 0 radical (unpaired) electrons. The number of H-pyrrole nitrogens is 1. The smallest absolute Gasteiger partial charge is 0.226 e. The molecule has 1 N–H and O–H groups in total. The maximum Gasteiger partial charge on any atom is 0.226 e. The molecule has 1 fully saturated rings. The second-order valence-corrected chi connectivity index (χ2v) is 6.66. The second kappa shape index (κ2) is 6.69. The molecule has 0 unspecified atom stereocenters. The number of hydrogen-bond donors (Lipinski definition) is 1. The van der Waals surface area contributed by atoms with Crippen LogP contribution in [0.25, 0.3) is 22.8 Å². The Morgan fingerprint density at radius 2 is 2.04 bits per heavy atom. The lowest BCUT2D eigenvalue weighted by molar-refractivity contribution is 0.379. The van der Waals surface area contributed by atoms with Crippen molar-refractivity contribution in [1.29, 1.82) is 5.26 Å². The van der Waals surface area contributed by atoms with Gasteiger partial charge in [0.1, 0.15) is 17.5 Å². The molecule has 7 heteroatoms. The molecule has 3 aromatic rings. The monoisotopic (exact) mass is 353 g/mol. The molecule has 0 atom stereocenters. The molecule has 2 heterocycles. The Hall–Kier alpha value is -2.65. The summed E-state index contributed by atoms with van der Waals surface area (Å²) in [4.78, 5) is 4.65. The highest BCUT2D eigenvalue weighted by molar-refractivity contribution is 6.30. The summed E-state index contributed by atoms with van der Waals surface area (Å²) in [5, 5.41) is 20.3. The molecule has 6 nitrogen and oxygen atoms in total. The van der Waals surface area contributed by atoms with E-state index in [1.54, 1.807) is 0 Å². The van der Waals surface area contributed by atoms with E-state index in [-0.39, 0.29) is 5.92 Å². The molecule has 126 valence electrons. The Morgan fingerprint density at radius 3 is 2.80 bits per heavy atom. The summed E-state index contributed by atoms with van der Waals surface area (Å²) in [6.07, 6.45) is 5.69. The Morgan fingerprint density at radius 1 is 1.20 bits per heavy atom. The molecule has 0 aliphatic heterocycles. The molecule has 25 heavy (non-hydrogen) atoms. The molecule has 4 rings (SSSR count). The fourth-order valence-electron chi connectivity index (χ4n) is 3.36. The number of aromatic nitrogens is 4. The molecule has 1 aliphatic rings. The number of hydrogen-bond acceptors (Lipinski definition) is 5. The predicted octanol–water partition coefficient (Wildman–Crippen LogP) is 4.70. The third-order valence-electron chi connectivity index (χ3n) is 4.59. The van der Waals surface area contributed by atoms with Crippen LogP contribution in [-0.2, 0) is 0 Å². The van der Waals surface area contributed by atoms with Crippen molar-refractivity contribution in [1.82, 2.24) is 20.4 Å². The van der Waals surface area contributed by atoms with E-state index in [4.69, 9.17) is 16.0 Å². The van der Waals surface area contributed by atoms with Crippen LogP contribution in [0.1, 0.15) is 49.5 Å². The van der Waals surface area contributed by atoms with Crippen molar-refractivity contribution in [2.75, 3.05) is 0 Å². The third-order valence-corrected chi connectivity index (χ3v) is 4.82. The molecule has 0 saturated heterocycles. The summed E-state index contributed by atoms with van der Waals surface area (Å²) in [5.74, 6) is 1.57. The van der Waals surface area contributed by atoms with Gasteiger partial charge < -0.3 is 4.42 Å². The lowest BCUT2D eigenvalue weighted by atomic mass is 9.86. The van der Waals surface area contributed by atoms with Gasteiger partial charge in [-0.1, -0.05) is 42.1 Å². The number of oxazole rings is 1. The molecule has 0 spiro atoms. The maximum absolute atomic E-state index is 9.29. The standard InChI is InChI=1S/C18H16ClN5O/c19-13-8-4-7-12(9-13)18-21-16(15-14(10-20)22-24-23-15)17(25-18)11-5-2-1-3-6-11/h4,7-9,11H,1-3,5-6H2,(H,22,23,24). The van der Waals surface area contributed by atoms with Gasteiger partial charge in [0.05, 0.1) is 0 Å². The molecular weight excluding hydrogens is 338 g/mol. The first-order valence-corrected chi connectivity index (χ1v) is 8.72. The average Bonchev–Trinajstić information content (AvgIpc) is 3.29.